The van der Waals surface area contributed by atoms with Gasteiger partial charge in [0.05, 0.1) is 17.1 Å². The second kappa shape index (κ2) is 5.62. The third kappa shape index (κ3) is 3.07. The minimum atomic E-state index is -0.847. The van der Waals surface area contributed by atoms with Crippen LogP contribution in [0.4, 0.5) is 10.1 Å². The van der Waals surface area contributed by atoms with E-state index in [1.165, 1.54) is 12.3 Å². The molecule has 0 spiro atoms. The maximum atomic E-state index is 13.6. The fourth-order valence-corrected chi connectivity index (χ4v) is 1.50. The number of hydrogen-bond acceptors (Lipinski definition) is 5. The molecular weight excluding hydrogens is 267 g/mol. The van der Waals surface area contributed by atoms with Gasteiger partial charge in [-0.1, -0.05) is 0 Å². The van der Waals surface area contributed by atoms with E-state index in [1.54, 1.807) is 13.0 Å². The van der Waals surface area contributed by atoms with E-state index in [-0.39, 0.29) is 17.3 Å². The number of aliphatic hydroxyl groups excluding tert-OH is 1. The molecule has 0 unspecified atom stereocenters. The molecule has 1 aromatic carbocycles. The van der Waals surface area contributed by atoms with Gasteiger partial charge in [-0.25, -0.2) is 9.37 Å². The van der Waals surface area contributed by atoms with Crippen LogP contribution < -0.4 is 4.74 Å². The lowest BCUT2D eigenvalue weighted by atomic mass is 10.2. The van der Waals surface area contributed by atoms with E-state index < -0.39 is 16.8 Å². The van der Waals surface area contributed by atoms with Crippen LogP contribution in [0.15, 0.2) is 36.5 Å². The summed E-state index contributed by atoms with van der Waals surface area (Å²) in [5.41, 5.74) is 0.244. The number of rotatable bonds is 4. The molecule has 0 aliphatic heterocycles. The molecule has 0 aliphatic rings. The molecule has 2 aromatic rings. The van der Waals surface area contributed by atoms with Crippen molar-refractivity contribution < 1.29 is 19.2 Å². The average Bonchev–Trinajstić information content (AvgIpc) is 2.41. The smallest absolute Gasteiger partial charge is 0.272 e. The first-order chi connectivity index (χ1) is 9.47. The van der Waals surface area contributed by atoms with Crippen LogP contribution in [0.2, 0.25) is 0 Å². The summed E-state index contributed by atoms with van der Waals surface area (Å²) in [5, 5.41) is 19.8. The van der Waals surface area contributed by atoms with Gasteiger partial charge >= 0.3 is 0 Å². The second-order valence-electron chi connectivity index (χ2n) is 4.08. The van der Waals surface area contributed by atoms with Crippen molar-refractivity contribution in [3.05, 3.63) is 58.0 Å². The molecule has 2 rings (SSSR count). The minimum Gasteiger partial charge on any atom is -0.436 e. The van der Waals surface area contributed by atoms with Crippen molar-refractivity contribution in [3.8, 4) is 11.6 Å². The molecule has 0 fully saturated rings. The first-order valence-corrected chi connectivity index (χ1v) is 5.73. The number of non-ortho nitro benzene ring substituents is 1. The highest BCUT2D eigenvalue weighted by Crippen LogP contribution is 2.26. The number of benzene rings is 1. The lowest BCUT2D eigenvalue weighted by molar-refractivity contribution is -0.385. The van der Waals surface area contributed by atoms with E-state index in [1.807, 2.05) is 0 Å². The number of halogens is 1. The Kier molecular flexibility index (Phi) is 3.90. The number of aromatic nitrogens is 1. The molecular formula is C13H11FN2O4. The van der Waals surface area contributed by atoms with E-state index >= 15 is 0 Å². The molecule has 0 saturated heterocycles. The molecule has 1 heterocycles. The lowest BCUT2D eigenvalue weighted by Gasteiger charge is -2.07. The summed E-state index contributed by atoms with van der Waals surface area (Å²) in [7, 11) is 0. The normalized spacial score (nSPS) is 11.9. The second-order valence-corrected chi connectivity index (χ2v) is 4.08. The largest absolute Gasteiger partial charge is 0.436 e. The van der Waals surface area contributed by atoms with Gasteiger partial charge in [-0.3, -0.25) is 10.1 Å². The van der Waals surface area contributed by atoms with Crippen molar-refractivity contribution in [1.29, 1.82) is 0 Å². The quantitative estimate of drug-likeness (QED) is 0.686. The molecule has 1 aromatic heterocycles. The monoisotopic (exact) mass is 278 g/mol. The predicted molar refractivity (Wildman–Crippen MR) is 68.0 cm³/mol. The predicted octanol–water partition coefficient (Wildman–Crippen LogP) is 2.97. The highest BCUT2D eigenvalue weighted by Gasteiger charge is 2.12. The van der Waals surface area contributed by atoms with Crippen molar-refractivity contribution in [1.82, 2.24) is 4.98 Å². The fraction of sp³-hybridized carbons (Fsp3) is 0.154. The molecule has 1 N–H and O–H groups in total. The van der Waals surface area contributed by atoms with Gasteiger partial charge in [0.25, 0.3) is 5.69 Å². The van der Waals surface area contributed by atoms with Gasteiger partial charge in [0.15, 0.2) is 11.6 Å². The standard InChI is InChI=1S/C13H11FN2O4/c1-8(17)9-2-5-13(15-7-9)20-12-4-3-10(16(18)19)6-11(12)14/h2-8,17H,1H3/t8-/m1/s1. The third-order valence-electron chi connectivity index (χ3n) is 2.58. The number of nitrogens with zero attached hydrogens (tertiary/aromatic N) is 2. The average molecular weight is 278 g/mol. The van der Waals surface area contributed by atoms with Crippen LogP contribution in [-0.2, 0) is 0 Å². The molecule has 6 nitrogen and oxygen atoms in total. The Hall–Kier alpha value is -2.54. The van der Waals surface area contributed by atoms with Crippen LogP contribution in [0, 0.1) is 15.9 Å². The third-order valence-corrected chi connectivity index (χ3v) is 2.58. The number of ether oxygens (including phenoxy) is 1. The Labute approximate surface area is 113 Å². The Morgan fingerprint density at radius 3 is 2.65 bits per heavy atom. The summed E-state index contributed by atoms with van der Waals surface area (Å²) in [6, 6.07) is 6.15. The van der Waals surface area contributed by atoms with Crippen molar-refractivity contribution in [2.75, 3.05) is 0 Å². The zero-order valence-electron chi connectivity index (χ0n) is 10.5. The minimum absolute atomic E-state index is 0.127. The highest BCUT2D eigenvalue weighted by molar-refractivity contribution is 5.39. The highest BCUT2D eigenvalue weighted by atomic mass is 19.1. The van der Waals surface area contributed by atoms with Gasteiger partial charge in [0.2, 0.25) is 5.88 Å². The summed E-state index contributed by atoms with van der Waals surface area (Å²) >= 11 is 0. The van der Waals surface area contributed by atoms with Gasteiger partial charge < -0.3 is 9.84 Å². The number of aliphatic hydroxyl groups is 1. The molecule has 20 heavy (non-hydrogen) atoms. The Morgan fingerprint density at radius 2 is 2.15 bits per heavy atom. The molecule has 1 atom stereocenters. The van der Waals surface area contributed by atoms with Crippen LogP contribution in [-0.4, -0.2) is 15.0 Å². The van der Waals surface area contributed by atoms with Crippen LogP contribution in [0.25, 0.3) is 0 Å². The van der Waals surface area contributed by atoms with Gasteiger partial charge in [0, 0.05) is 18.3 Å². The Bertz CT molecular complexity index is 629. The summed E-state index contributed by atoms with van der Waals surface area (Å²) in [6.07, 6.45) is 0.746. The molecule has 0 aliphatic carbocycles. The molecule has 0 radical (unpaired) electrons. The summed E-state index contributed by atoms with van der Waals surface area (Å²) < 4.78 is 18.8. The van der Waals surface area contributed by atoms with Crippen LogP contribution in [0.3, 0.4) is 0 Å². The van der Waals surface area contributed by atoms with Gasteiger partial charge in [-0.05, 0) is 24.6 Å². The molecule has 0 bridgehead atoms. The van der Waals surface area contributed by atoms with Gasteiger partial charge in [-0.2, -0.15) is 0 Å². The number of nitro groups is 1. The zero-order chi connectivity index (χ0) is 14.7. The fourth-order valence-electron chi connectivity index (χ4n) is 1.50. The van der Waals surface area contributed by atoms with Crippen LogP contribution in [0.1, 0.15) is 18.6 Å². The van der Waals surface area contributed by atoms with E-state index in [0.717, 1.165) is 18.2 Å². The lowest BCUT2D eigenvalue weighted by Crippen LogP contribution is -1.95. The van der Waals surface area contributed by atoms with E-state index in [0.29, 0.717) is 5.56 Å². The maximum absolute atomic E-state index is 13.6. The first-order valence-electron chi connectivity index (χ1n) is 5.73. The number of pyridine rings is 1. The van der Waals surface area contributed by atoms with Gasteiger partial charge in [-0.15, -0.1) is 0 Å². The van der Waals surface area contributed by atoms with Crippen molar-refractivity contribution in [3.63, 3.8) is 0 Å². The van der Waals surface area contributed by atoms with Crippen molar-refractivity contribution in [2.24, 2.45) is 0 Å². The summed E-state index contributed by atoms with van der Waals surface area (Å²) in [4.78, 5) is 13.7. The summed E-state index contributed by atoms with van der Waals surface area (Å²) in [5.74, 6) is -0.879. The molecule has 104 valence electrons. The topological polar surface area (TPSA) is 85.5 Å². The maximum Gasteiger partial charge on any atom is 0.272 e. The first kappa shape index (κ1) is 13.9. The SMILES string of the molecule is C[C@@H](O)c1ccc(Oc2ccc([N+](=O)[O-])cc2F)nc1. The molecule has 0 saturated carbocycles. The van der Waals surface area contributed by atoms with Crippen LogP contribution in [0.5, 0.6) is 11.6 Å². The molecule has 0 amide bonds. The molecule has 7 heteroatoms. The van der Waals surface area contributed by atoms with Crippen molar-refractivity contribution >= 4 is 5.69 Å². The zero-order valence-corrected chi connectivity index (χ0v) is 10.5. The van der Waals surface area contributed by atoms with E-state index in [4.69, 9.17) is 4.74 Å². The Morgan fingerprint density at radius 1 is 1.40 bits per heavy atom. The van der Waals surface area contributed by atoms with E-state index in [2.05, 4.69) is 4.98 Å². The number of nitro benzene ring substituents is 1. The van der Waals surface area contributed by atoms with Gasteiger partial charge in [0.1, 0.15) is 0 Å². The summed E-state index contributed by atoms with van der Waals surface area (Å²) in [6.45, 7) is 1.59. The van der Waals surface area contributed by atoms with Crippen LogP contribution >= 0.6 is 0 Å². The Balaban J connectivity index is 2.19. The van der Waals surface area contributed by atoms with Crippen molar-refractivity contribution in [2.45, 2.75) is 13.0 Å². The van der Waals surface area contributed by atoms with E-state index in [9.17, 15) is 19.6 Å². The number of hydrogen-bond donors (Lipinski definition) is 1.